The van der Waals surface area contributed by atoms with Gasteiger partial charge in [-0.05, 0) is 18.6 Å². The van der Waals surface area contributed by atoms with Crippen molar-refractivity contribution in [1.82, 2.24) is 0 Å². The molecule has 0 aliphatic heterocycles. The van der Waals surface area contributed by atoms with Crippen LogP contribution in [0.2, 0.25) is 0 Å². The van der Waals surface area contributed by atoms with E-state index in [2.05, 4.69) is 0 Å². The van der Waals surface area contributed by atoms with Crippen LogP contribution in [-0.2, 0) is 13.2 Å². The minimum atomic E-state index is 0.0280. The molecule has 0 aliphatic rings. The summed E-state index contributed by atoms with van der Waals surface area (Å²) in [7, 11) is 0. The molecular formula is C7H10O2S. The van der Waals surface area contributed by atoms with E-state index in [0.717, 1.165) is 15.3 Å². The highest BCUT2D eigenvalue weighted by Crippen LogP contribution is 2.21. The van der Waals surface area contributed by atoms with Crippen LogP contribution in [0, 0.1) is 6.92 Å². The molecule has 0 saturated carbocycles. The van der Waals surface area contributed by atoms with Gasteiger partial charge in [0.05, 0.1) is 13.2 Å². The molecule has 0 aliphatic carbocycles. The normalized spacial score (nSPS) is 10.3. The molecule has 0 atom stereocenters. The summed E-state index contributed by atoms with van der Waals surface area (Å²) in [4.78, 5) is 2.01. The predicted molar refractivity (Wildman–Crippen MR) is 40.9 cm³/mol. The Bertz CT molecular complexity index is 196. The molecule has 0 spiro atoms. The number of rotatable bonds is 2. The highest BCUT2D eigenvalue weighted by atomic mass is 32.1. The lowest BCUT2D eigenvalue weighted by Gasteiger charge is -1.92. The standard InChI is InChI=1S/C7H10O2S/c1-5-2-6(3-8)7(4-9)10-5/h2,8-9H,3-4H2,1H3. The van der Waals surface area contributed by atoms with Crippen LogP contribution in [0.15, 0.2) is 6.07 Å². The molecule has 2 nitrogen and oxygen atoms in total. The summed E-state index contributed by atoms with van der Waals surface area (Å²) in [5.41, 5.74) is 0.852. The monoisotopic (exact) mass is 158 g/mol. The van der Waals surface area contributed by atoms with Crippen LogP contribution in [-0.4, -0.2) is 10.2 Å². The zero-order valence-electron chi connectivity index (χ0n) is 5.79. The van der Waals surface area contributed by atoms with E-state index in [1.54, 1.807) is 0 Å². The Morgan fingerprint density at radius 1 is 1.40 bits per heavy atom. The van der Waals surface area contributed by atoms with E-state index in [4.69, 9.17) is 10.2 Å². The van der Waals surface area contributed by atoms with Gasteiger partial charge in [-0.25, -0.2) is 0 Å². The van der Waals surface area contributed by atoms with Crippen LogP contribution in [0.3, 0.4) is 0 Å². The van der Waals surface area contributed by atoms with Crippen molar-refractivity contribution in [3.8, 4) is 0 Å². The zero-order valence-corrected chi connectivity index (χ0v) is 6.61. The first-order chi connectivity index (χ1) is 4.77. The van der Waals surface area contributed by atoms with E-state index in [1.807, 2.05) is 13.0 Å². The maximum Gasteiger partial charge on any atom is 0.0778 e. The highest BCUT2D eigenvalue weighted by Gasteiger charge is 2.03. The first-order valence-corrected chi connectivity index (χ1v) is 3.89. The molecule has 56 valence electrons. The molecule has 0 aromatic carbocycles. The minimum absolute atomic E-state index is 0.0280. The van der Waals surface area contributed by atoms with Gasteiger partial charge in [0.1, 0.15) is 0 Å². The third kappa shape index (κ3) is 1.37. The van der Waals surface area contributed by atoms with Gasteiger partial charge in [-0.2, -0.15) is 0 Å². The van der Waals surface area contributed by atoms with Gasteiger partial charge in [-0.3, -0.25) is 0 Å². The predicted octanol–water partition coefficient (Wildman–Crippen LogP) is 1.04. The Labute approximate surface area is 63.8 Å². The molecule has 2 N–H and O–H groups in total. The number of hydrogen-bond acceptors (Lipinski definition) is 3. The molecule has 1 rings (SSSR count). The van der Waals surface area contributed by atoms with Gasteiger partial charge in [-0.1, -0.05) is 0 Å². The van der Waals surface area contributed by atoms with Crippen LogP contribution < -0.4 is 0 Å². The average Bonchev–Trinajstić information content (AvgIpc) is 2.30. The molecule has 1 heterocycles. The second kappa shape index (κ2) is 3.14. The van der Waals surface area contributed by atoms with Crippen molar-refractivity contribution in [2.75, 3.05) is 0 Å². The topological polar surface area (TPSA) is 40.5 Å². The molecule has 0 saturated heterocycles. The average molecular weight is 158 g/mol. The molecule has 3 heteroatoms. The Hall–Kier alpha value is -0.380. The Morgan fingerprint density at radius 3 is 2.50 bits per heavy atom. The quantitative estimate of drug-likeness (QED) is 0.675. The van der Waals surface area contributed by atoms with Gasteiger partial charge in [-0.15, -0.1) is 11.3 Å². The van der Waals surface area contributed by atoms with E-state index in [0.29, 0.717) is 0 Å². The van der Waals surface area contributed by atoms with E-state index < -0.39 is 0 Å². The number of aliphatic hydroxyl groups excluding tert-OH is 2. The fourth-order valence-electron chi connectivity index (χ4n) is 0.883. The van der Waals surface area contributed by atoms with Crippen molar-refractivity contribution >= 4 is 11.3 Å². The fourth-order valence-corrected chi connectivity index (χ4v) is 1.79. The number of aryl methyl sites for hydroxylation is 1. The summed E-state index contributed by atoms with van der Waals surface area (Å²) >= 11 is 1.53. The first kappa shape index (κ1) is 7.72. The van der Waals surface area contributed by atoms with Gasteiger partial charge in [0.15, 0.2) is 0 Å². The Balaban J connectivity index is 2.96. The number of hydrogen-bond donors (Lipinski definition) is 2. The second-order valence-corrected chi connectivity index (χ2v) is 3.46. The molecule has 0 radical (unpaired) electrons. The lowest BCUT2D eigenvalue weighted by atomic mass is 10.2. The maximum atomic E-state index is 8.76. The lowest BCUT2D eigenvalue weighted by molar-refractivity contribution is 0.263. The third-order valence-corrected chi connectivity index (χ3v) is 2.41. The molecule has 0 fully saturated rings. The lowest BCUT2D eigenvalue weighted by Crippen LogP contribution is -1.85. The number of aliphatic hydroxyl groups is 2. The summed E-state index contributed by atoms with van der Waals surface area (Å²) in [6.45, 7) is 2.03. The second-order valence-electron chi connectivity index (χ2n) is 2.12. The van der Waals surface area contributed by atoms with Gasteiger partial charge in [0, 0.05) is 9.75 Å². The van der Waals surface area contributed by atoms with Gasteiger partial charge in [0.2, 0.25) is 0 Å². The molecule has 0 bridgehead atoms. The molecular weight excluding hydrogens is 148 g/mol. The summed E-state index contributed by atoms with van der Waals surface area (Å²) in [6.07, 6.45) is 0. The Morgan fingerprint density at radius 2 is 2.10 bits per heavy atom. The Kier molecular flexibility index (Phi) is 2.43. The fraction of sp³-hybridized carbons (Fsp3) is 0.429. The van der Waals surface area contributed by atoms with Crippen molar-refractivity contribution in [2.24, 2.45) is 0 Å². The van der Waals surface area contributed by atoms with Crippen LogP contribution in [0.25, 0.3) is 0 Å². The van der Waals surface area contributed by atoms with E-state index in [9.17, 15) is 0 Å². The van der Waals surface area contributed by atoms with Crippen molar-refractivity contribution in [2.45, 2.75) is 20.1 Å². The van der Waals surface area contributed by atoms with Crippen LogP contribution in [0.4, 0.5) is 0 Å². The minimum Gasteiger partial charge on any atom is -0.392 e. The van der Waals surface area contributed by atoms with Gasteiger partial charge >= 0.3 is 0 Å². The maximum absolute atomic E-state index is 8.76. The molecule has 0 unspecified atom stereocenters. The smallest absolute Gasteiger partial charge is 0.0778 e. The van der Waals surface area contributed by atoms with E-state index >= 15 is 0 Å². The molecule has 0 amide bonds. The molecule has 10 heavy (non-hydrogen) atoms. The third-order valence-electron chi connectivity index (χ3n) is 1.33. The van der Waals surface area contributed by atoms with Crippen LogP contribution in [0.5, 0.6) is 0 Å². The summed E-state index contributed by atoms with van der Waals surface area (Å²) in [6, 6.07) is 1.90. The SMILES string of the molecule is Cc1cc(CO)c(CO)s1. The van der Waals surface area contributed by atoms with Crippen LogP contribution in [0.1, 0.15) is 15.3 Å². The van der Waals surface area contributed by atoms with Crippen molar-refractivity contribution in [1.29, 1.82) is 0 Å². The van der Waals surface area contributed by atoms with E-state index in [-0.39, 0.29) is 13.2 Å². The first-order valence-electron chi connectivity index (χ1n) is 3.08. The van der Waals surface area contributed by atoms with Gasteiger partial charge < -0.3 is 10.2 Å². The largest absolute Gasteiger partial charge is 0.392 e. The van der Waals surface area contributed by atoms with E-state index in [1.165, 1.54) is 11.3 Å². The molecule has 1 aromatic heterocycles. The van der Waals surface area contributed by atoms with Crippen molar-refractivity contribution < 1.29 is 10.2 Å². The van der Waals surface area contributed by atoms with Crippen LogP contribution >= 0.6 is 11.3 Å². The summed E-state index contributed by atoms with van der Waals surface area (Å²) in [5.74, 6) is 0. The number of thiophene rings is 1. The summed E-state index contributed by atoms with van der Waals surface area (Å²) in [5, 5.41) is 17.5. The van der Waals surface area contributed by atoms with Crippen molar-refractivity contribution in [3.05, 3.63) is 21.4 Å². The zero-order chi connectivity index (χ0) is 7.56. The van der Waals surface area contributed by atoms with Crippen molar-refractivity contribution in [3.63, 3.8) is 0 Å². The summed E-state index contributed by atoms with van der Waals surface area (Å²) < 4.78 is 0. The molecule has 1 aromatic rings. The van der Waals surface area contributed by atoms with Gasteiger partial charge in [0.25, 0.3) is 0 Å². The highest BCUT2D eigenvalue weighted by molar-refractivity contribution is 7.12.